The lowest BCUT2D eigenvalue weighted by molar-refractivity contribution is -0.121. The lowest BCUT2D eigenvalue weighted by Crippen LogP contribution is -2.29. The molecule has 1 aliphatic heterocycles. The topological polar surface area (TPSA) is 72.6 Å². The van der Waals surface area contributed by atoms with E-state index in [0.717, 1.165) is 4.90 Å². The molecule has 2 N–H and O–H groups in total. The molecule has 5 heteroatoms. The number of imide groups is 1. The Morgan fingerprint density at radius 1 is 1.25 bits per heavy atom. The fourth-order valence-corrected chi connectivity index (χ4v) is 1.69. The maximum atomic E-state index is 11.5. The van der Waals surface area contributed by atoms with Crippen molar-refractivity contribution in [3.8, 4) is 5.75 Å². The predicted octanol–water partition coefficient (Wildman–Crippen LogP) is 0.931. The Kier molecular flexibility index (Phi) is 2.52. The van der Waals surface area contributed by atoms with Gasteiger partial charge in [0.25, 0.3) is 0 Å². The Hall–Kier alpha value is -2.04. The number of ether oxygens (including phenoxy) is 1. The maximum absolute atomic E-state index is 11.5. The van der Waals surface area contributed by atoms with Crippen LogP contribution in [0, 0.1) is 0 Å². The number of hydrogen-bond acceptors (Lipinski definition) is 4. The van der Waals surface area contributed by atoms with Crippen LogP contribution in [-0.2, 0) is 9.59 Å². The molecule has 1 fully saturated rings. The van der Waals surface area contributed by atoms with Gasteiger partial charge in [-0.25, -0.2) is 4.90 Å². The molecule has 2 rings (SSSR count). The lowest BCUT2D eigenvalue weighted by atomic mass is 10.2. The second kappa shape index (κ2) is 3.84. The number of nitrogens with zero attached hydrogens (tertiary/aromatic N) is 1. The van der Waals surface area contributed by atoms with Crippen molar-refractivity contribution >= 4 is 23.2 Å². The zero-order valence-corrected chi connectivity index (χ0v) is 8.90. The van der Waals surface area contributed by atoms with Crippen molar-refractivity contribution in [1.82, 2.24) is 0 Å². The van der Waals surface area contributed by atoms with Gasteiger partial charge in [-0.15, -0.1) is 0 Å². The van der Waals surface area contributed by atoms with Crippen LogP contribution in [0.15, 0.2) is 18.2 Å². The van der Waals surface area contributed by atoms with Crippen molar-refractivity contribution in [2.45, 2.75) is 12.8 Å². The quantitative estimate of drug-likeness (QED) is 0.594. The fraction of sp³-hybridized carbons (Fsp3) is 0.273. The van der Waals surface area contributed by atoms with Crippen molar-refractivity contribution in [2.75, 3.05) is 17.7 Å². The van der Waals surface area contributed by atoms with Crippen molar-refractivity contribution in [3.05, 3.63) is 18.2 Å². The Balaban J connectivity index is 2.46. The number of hydrogen-bond donors (Lipinski definition) is 1. The third-order valence-corrected chi connectivity index (χ3v) is 2.53. The summed E-state index contributed by atoms with van der Waals surface area (Å²) in [4.78, 5) is 24.2. The Morgan fingerprint density at radius 3 is 2.44 bits per heavy atom. The van der Waals surface area contributed by atoms with Gasteiger partial charge >= 0.3 is 0 Å². The second-order valence-corrected chi connectivity index (χ2v) is 3.55. The summed E-state index contributed by atoms with van der Waals surface area (Å²) in [5, 5.41) is 0. The summed E-state index contributed by atoms with van der Waals surface area (Å²) in [7, 11) is 1.52. The van der Waals surface area contributed by atoms with Crippen LogP contribution in [0.5, 0.6) is 5.75 Å². The summed E-state index contributed by atoms with van der Waals surface area (Å²) in [6, 6.07) is 4.90. The molecule has 16 heavy (non-hydrogen) atoms. The van der Waals surface area contributed by atoms with Gasteiger partial charge in [-0.2, -0.15) is 0 Å². The Morgan fingerprint density at radius 2 is 1.88 bits per heavy atom. The van der Waals surface area contributed by atoms with Crippen molar-refractivity contribution < 1.29 is 14.3 Å². The first-order valence-corrected chi connectivity index (χ1v) is 4.93. The number of amides is 2. The molecule has 0 radical (unpaired) electrons. The summed E-state index contributed by atoms with van der Waals surface area (Å²) >= 11 is 0. The molecule has 1 aliphatic rings. The molecule has 1 aromatic rings. The summed E-state index contributed by atoms with van der Waals surface area (Å²) in [6.45, 7) is 0. The molecule has 0 spiro atoms. The van der Waals surface area contributed by atoms with Crippen molar-refractivity contribution in [2.24, 2.45) is 0 Å². The van der Waals surface area contributed by atoms with Gasteiger partial charge in [0.05, 0.1) is 18.5 Å². The molecule has 0 aliphatic carbocycles. The zero-order valence-electron chi connectivity index (χ0n) is 8.90. The van der Waals surface area contributed by atoms with Gasteiger partial charge < -0.3 is 10.5 Å². The van der Waals surface area contributed by atoms with Crippen LogP contribution >= 0.6 is 0 Å². The molecule has 0 saturated carbocycles. The first kappa shape index (κ1) is 10.5. The van der Waals surface area contributed by atoms with Crippen LogP contribution in [0.2, 0.25) is 0 Å². The predicted molar refractivity (Wildman–Crippen MR) is 59.1 cm³/mol. The smallest absolute Gasteiger partial charge is 0.234 e. The summed E-state index contributed by atoms with van der Waals surface area (Å²) in [5.41, 5.74) is 6.55. The van der Waals surface area contributed by atoms with E-state index in [0.29, 0.717) is 17.1 Å². The van der Waals surface area contributed by atoms with E-state index in [-0.39, 0.29) is 24.7 Å². The Labute approximate surface area is 92.8 Å². The average molecular weight is 220 g/mol. The van der Waals surface area contributed by atoms with E-state index in [1.54, 1.807) is 18.2 Å². The van der Waals surface area contributed by atoms with Gasteiger partial charge in [0, 0.05) is 18.9 Å². The maximum Gasteiger partial charge on any atom is 0.234 e. The molecular weight excluding hydrogens is 208 g/mol. The van der Waals surface area contributed by atoms with Crippen LogP contribution in [0.1, 0.15) is 12.8 Å². The number of carbonyl (C=O) groups is 2. The summed E-state index contributed by atoms with van der Waals surface area (Å²) in [5.74, 6) is 0.131. The Bertz CT molecular complexity index is 441. The second-order valence-electron chi connectivity index (χ2n) is 3.55. The summed E-state index contributed by atoms with van der Waals surface area (Å²) < 4.78 is 5.04. The van der Waals surface area contributed by atoms with Crippen LogP contribution in [-0.4, -0.2) is 18.9 Å². The van der Waals surface area contributed by atoms with Gasteiger partial charge in [0.1, 0.15) is 5.75 Å². The molecule has 0 atom stereocenters. The van der Waals surface area contributed by atoms with Crippen LogP contribution < -0.4 is 15.4 Å². The first-order chi connectivity index (χ1) is 7.63. The third-order valence-electron chi connectivity index (χ3n) is 2.53. The number of anilines is 2. The van der Waals surface area contributed by atoms with E-state index >= 15 is 0 Å². The number of nitrogens with two attached hydrogens (primary N) is 1. The largest absolute Gasteiger partial charge is 0.497 e. The minimum atomic E-state index is -0.218. The molecule has 1 heterocycles. The van der Waals surface area contributed by atoms with Gasteiger partial charge in [-0.05, 0) is 12.1 Å². The van der Waals surface area contributed by atoms with E-state index in [4.69, 9.17) is 10.5 Å². The van der Waals surface area contributed by atoms with Gasteiger partial charge in [0.15, 0.2) is 0 Å². The average Bonchev–Trinajstić information content (AvgIpc) is 2.60. The summed E-state index contributed by atoms with van der Waals surface area (Å²) in [6.07, 6.45) is 0.491. The lowest BCUT2D eigenvalue weighted by Gasteiger charge is -2.16. The SMILES string of the molecule is COc1ccc(N)c(N2C(=O)CCC2=O)c1. The number of carbonyl (C=O) groups excluding carboxylic acids is 2. The highest BCUT2D eigenvalue weighted by Gasteiger charge is 2.31. The highest BCUT2D eigenvalue weighted by molar-refractivity contribution is 6.21. The minimum Gasteiger partial charge on any atom is -0.497 e. The van der Waals surface area contributed by atoms with Crippen molar-refractivity contribution in [1.29, 1.82) is 0 Å². The van der Waals surface area contributed by atoms with Crippen molar-refractivity contribution in [3.63, 3.8) is 0 Å². The number of rotatable bonds is 2. The van der Waals surface area contributed by atoms with Gasteiger partial charge in [-0.3, -0.25) is 9.59 Å². The molecular formula is C11H12N2O3. The minimum absolute atomic E-state index is 0.218. The van der Waals surface area contributed by atoms with Gasteiger partial charge in [-0.1, -0.05) is 0 Å². The fourth-order valence-electron chi connectivity index (χ4n) is 1.69. The molecule has 0 unspecified atom stereocenters. The highest BCUT2D eigenvalue weighted by Crippen LogP contribution is 2.31. The number of benzene rings is 1. The van der Waals surface area contributed by atoms with Crippen LogP contribution in [0.25, 0.3) is 0 Å². The molecule has 5 nitrogen and oxygen atoms in total. The normalized spacial score (nSPS) is 15.7. The van der Waals surface area contributed by atoms with Gasteiger partial charge in [0.2, 0.25) is 11.8 Å². The van der Waals surface area contributed by atoms with E-state index < -0.39 is 0 Å². The third kappa shape index (κ3) is 1.60. The first-order valence-electron chi connectivity index (χ1n) is 4.93. The molecule has 1 aromatic carbocycles. The zero-order chi connectivity index (χ0) is 11.7. The number of methoxy groups -OCH3 is 1. The molecule has 84 valence electrons. The van der Waals surface area contributed by atoms with E-state index in [1.165, 1.54) is 7.11 Å². The highest BCUT2D eigenvalue weighted by atomic mass is 16.5. The van der Waals surface area contributed by atoms with E-state index in [9.17, 15) is 9.59 Å². The van der Waals surface area contributed by atoms with E-state index in [2.05, 4.69) is 0 Å². The molecule has 0 bridgehead atoms. The number of nitrogen functional groups attached to an aromatic ring is 1. The standard InChI is InChI=1S/C11H12N2O3/c1-16-7-2-3-8(12)9(6-7)13-10(14)4-5-11(13)15/h2-3,6H,4-5,12H2,1H3. The molecule has 0 aromatic heterocycles. The van der Waals surface area contributed by atoms with E-state index in [1.807, 2.05) is 0 Å². The van der Waals surface area contributed by atoms with Crippen LogP contribution in [0.4, 0.5) is 11.4 Å². The van der Waals surface area contributed by atoms with Crippen LogP contribution in [0.3, 0.4) is 0 Å². The monoisotopic (exact) mass is 220 g/mol. The molecule has 1 saturated heterocycles. The molecule has 2 amide bonds.